The van der Waals surface area contributed by atoms with Crippen LogP contribution in [0.1, 0.15) is 26.0 Å². The minimum atomic E-state index is -0.204. The molecule has 1 unspecified atom stereocenters. The molecule has 0 saturated heterocycles. The van der Waals surface area contributed by atoms with Gasteiger partial charge in [0.25, 0.3) is 0 Å². The van der Waals surface area contributed by atoms with Crippen molar-refractivity contribution >= 4 is 0 Å². The van der Waals surface area contributed by atoms with Crippen LogP contribution in [0.2, 0.25) is 0 Å². The van der Waals surface area contributed by atoms with Gasteiger partial charge >= 0.3 is 0 Å². The van der Waals surface area contributed by atoms with Gasteiger partial charge in [0.1, 0.15) is 0 Å². The summed E-state index contributed by atoms with van der Waals surface area (Å²) in [5.74, 6) is 0. The molecule has 1 rings (SSSR count). The second kappa shape index (κ2) is 7.48. The van der Waals surface area contributed by atoms with Gasteiger partial charge in [0.05, 0.1) is 6.04 Å². The zero-order valence-corrected chi connectivity index (χ0v) is 11.3. The third-order valence-corrected chi connectivity index (χ3v) is 2.87. The van der Waals surface area contributed by atoms with E-state index in [9.17, 15) is 0 Å². The number of ether oxygens (including phenoxy) is 2. The van der Waals surface area contributed by atoms with Crippen LogP contribution in [0.4, 0.5) is 0 Å². The van der Waals surface area contributed by atoms with Crippen LogP contribution in [-0.2, 0) is 22.6 Å². The molecule has 0 aliphatic carbocycles. The molecule has 0 radical (unpaired) electrons. The molecule has 1 atom stereocenters. The first-order valence-electron chi connectivity index (χ1n) is 6.15. The second-order valence-electron chi connectivity index (χ2n) is 4.20. The summed E-state index contributed by atoms with van der Waals surface area (Å²) in [6, 6.07) is 4.39. The van der Waals surface area contributed by atoms with Crippen LogP contribution in [-0.4, -0.2) is 31.1 Å². The van der Waals surface area contributed by atoms with Crippen LogP contribution in [0.25, 0.3) is 0 Å². The van der Waals surface area contributed by atoms with E-state index in [1.165, 1.54) is 5.69 Å². The van der Waals surface area contributed by atoms with E-state index in [1.807, 2.05) is 0 Å². The lowest BCUT2D eigenvalue weighted by atomic mass is 10.3. The van der Waals surface area contributed by atoms with Gasteiger partial charge in [0.15, 0.2) is 6.29 Å². The van der Waals surface area contributed by atoms with Crippen molar-refractivity contribution in [2.24, 2.45) is 0 Å². The molecule has 0 aliphatic rings. The Bertz CT molecular complexity index is 308. The predicted molar refractivity (Wildman–Crippen MR) is 68.8 cm³/mol. The molecular weight excluding hydrogens is 216 g/mol. The Morgan fingerprint density at radius 1 is 1.35 bits per heavy atom. The molecule has 0 fully saturated rings. The Morgan fingerprint density at radius 3 is 2.65 bits per heavy atom. The molecule has 1 aromatic rings. The summed E-state index contributed by atoms with van der Waals surface area (Å²) in [7, 11) is 3.32. The van der Waals surface area contributed by atoms with Crippen LogP contribution < -0.4 is 5.32 Å². The quantitative estimate of drug-likeness (QED) is 0.706. The highest BCUT2D eigenvalue weighted by atomic mass is 16.7. The van der Waals surface area contributed by atoms with Crippen molar-refractivity contribution in [3.05, 3.63) is 24.0 Å². The van der Waals surface area contributed by atoms with Crippen LogP contribution in [0.5, 0.6) is 0 Å². The summed E-state index contributed by atoms with van der Waals surface area (Å²) in [6.07, 6.45) is 3.07. The lowest BCUT2D eigenvalue weighted by Gasteiger charge is -2.22. The minimum absolute atomic E-state index is 0.162. The third-order valence-electron chi connectivity index (χ3n) is 2.87. The molecule has 4 heteroatoms. The SMILES string of the molecule is CCCn1cccc1CNC(C)C(OC)OC. The molecule has 17 heavy (non-hydrogen) atoms. The maximum absolute atomic E-state index is 5.22. The van der Waals surface area contributed by atoms with Crippen molar-refractivity contribution in [3.63, 3.8) is 0 Å². The summed E-state index contributed by atoms with van der Waals surface area (Å²) in [5, 5.41) is 3.41. The maximum Gasteiger partial charge on any atom is 0.171 e. The van der Waals surface area contributed by atoms with Crippen LogP contribution in [0, 0.1) is 0 Å². The van der Waals surface area contributed by atoms with E-state index in [2.05, 4.69) is 42.1 Å². The third kappa shape index (κ3) is 4.15. The largest absolute Gasteiger partial charge is 0.354 e. The Balaban J connectivity index is 2.46. The van der Waals surface area contributed by atoms with Crippen LogP contribution >= 0.6 is 0 Å². The number of aryl methyl sites for hydroxylation is 1. The zero-order valence-electron chi connectivity index (χ0n) is 11.3. The first-order chi connectivity index (χ1) is 8.22. The summed E-state index contributed by atoms with van der Waals surface area (Å²) < 4.78 is 12.7. The van der Waals surface area contributed by atoms with Gasteiger partial charge in [-0.3, -0.25) is 0 Å². The number of rotatable bonds is 8. The average Bonchev–Trinajstić information content (AvgIpc) is 2.76. The number of aromatic nitrogens is 1. The smallest absolute Gasteiger partial charge is 0.171 e. The Morgan fingerprint density at radius 2 is 2.06 bits per heavy atom. The summed E-state index contributed by atoms with van der Waals surface area (Å²) in [5.41, 5.74) is 1.30. The van der Waals surface area contributed by atoms with E-state index in [-0.39, 0.29) is 12.3 Å². The molecule has 1 aromatic heterocycles. The minimum Gasteiger partial charge on any atom is -0.354 e. The summed E-state index contributed by atoms with van der Waals surface area (Å²) in [4.78, 5) is 0. The Hall–Kier alpha value is -0.840. The van der Waals surface area contributed by atoms with Gasteiger partial charge < -0.3 is 19.4 Å². The van der Waals surface area contributed by atoms with E-state index in [4.69, 9.17) is 9.47 Å². The van der Waals surface area contributed by atoms with E-state index in [0.717, 1.165) is 19.5 Å². The number of methoxy groups -OCH3 is 2. The van der Waals surface area contributed by atoms with Crippen molar-refractivity contribution in [1.82, 2.24) is 9.88 Å². The highest BCUT2D eigenvalue weighted by molar-refractivity contribution is 5.07. The lowest BCUT2D eigenvalue weighted by Crippen LogP contribution is -2.39. The molecule has 98 valence electrons. The van der Waals surface area contributed by atoms with E-state index < -0.39 is 0 Å². The van der Waals surface area contributed by atoms with Crippen LogP contribution in [0.15, 0.2) is 18.3 Å². The van der Waals surface area contributed by atoms with Crippen molar-refractivity contribution in [1.29, 1.82) is 0 Å². The molecule has 0 saturated carbocycles. The zero-order chi connectivity index (χ0) is 12.7. The number of hydrogen-bond acceptors (Lipinski definition) is 3. The molecular formula is C13H24N2O2. The average molecular weight is 240 g/mol. The molecule has 0 aromatic carbocycles. The molecule has 1 heterocycles. The van der Waals surface area contributed by atoms with Crippen molar-refractivity contribution in [2.75, 3.05) is 14.2 Å². The first-order valence-corrected chi connectivity index (χ1v) is 6.15. The molecule has 4 nitrogen and oxygen atoms in total. The van der Waals surface area contributed by atoms with Gasteiger partial charge in [-0.05, 0) is 25.5 Å². The summed E-state index contributed by atoms with van der Waals surface area (Å²) in [6.45, 7) is 6.14. The fourth-order valence-corrected chi connectivity index (χ4v) is 1.94. The van der Waals surface area contributed by atoms with Gasteiger partial charge in [-0.25, -0.2) is 0 Å². The van der Waals surface area contributed by atoms with Crippen molar-refractivity contribution in [2.45, 2.75) is 45.7 Å². The van der Waals surface area contributed by atoms with Gasteiger partial charge in [0, 0.05) is 39.2 Å². The van der Waals surface area contributed by atoms with Crippen molar-refractivity contribution < 1.29 is 9.47 Å². The van der Waals surface area contributed by atoms with Crippen molar-refractivity contribution in [3.8, 4) is 0 Å². The van der Waals surface area contributed by atoms with Gasteiger partial charge in [-0.2, -0.15) is 0 Å². The highest BCUT2D eigenvalue weighted by Crippen LogP contribution is 2.05. The Kier molecular flexibility index (Phi) is 6.26. The van der Waals surface area contributed by atoms with Gasteiger partial charge in [-0.15, -0.1) is 0 Å². The standard InChI is InChI=1S/C13H24N2O2/c1-5-8-15-9-6-7-12(15)10-14-11(2)13(16-3)17-4/h6-7,9,11,13-14H,5,8,10H2,1-4H3. The molecule has 0 bridgehead atoms. The maximum atomic E-state index is 5.22. The molecule has 0 amide bonds. The highest BCUT2D eigenvalue weighted by Gasteiger charge is 2.15. The fraction of sp³-hybridized carbons (Fsp3) is 0.692. The van der Waals surface area contributed by atoms with Gasteiger partial charge in [-0.1, -0.05) is 6.92 Å². The molecule has 0 aliphatic heterocycles. The number of nitrogens with zero attached hydrogens (tertiary/aromatic N) is 1. The second-order valence-corrected chi connectivity index (χ2v) is 4.20. The number of nitrogens with one attached hydrogen (secondary N) is 1. The first kappa shape index (κ1) is 14.2. The molecule has 1 N–H and O–H groups in total. The number of hydrogen-bond donors (Lipinski definition) is 1. The normalized spacial score (nSPS) is 13.2. The van der Waals surface area contributed by atoms with E-state index in [1.54, 1.807) is 14.2 Å². The molecule has 0 spiro atoms. The fourth-order valence-electron chi connectivity index (χ4n) is 1.94. The van der Waals surface area contributed by atoms with E-state index in [0.29, 0.717) is 0 Å². The van der Waals surface area contributed by atoms with E-state index >= 15 is 0 Å². The van der Waals surface area contributed by atoms with Gasteiger partial charge in [0.2, 0.25) is 0 Å². The summed E-state index contributed by atoms with van der Waals surface area (Å²) >= 11 is 0. The lowest BCUT2D eigenvalue weighted by molar-refractivity contribution is -0.119. The monoisotopic (exact) mass is 240 g/mol. The van der Waals surface area contributed by atoms with Crippen LogP contribution in [0.3, 0.4) is 0 Å². The topological polar surface area (TPSA) is 35.4 Å². The predicted octanol–water partition coefficient (Wildman–Crippen LogP) is 2.00. The Labute approximate surface area is 104 Å².